The summed E-state index contributed by atoms with van der Waals surface area (Å²) in [6.07, 6.45) is 5.16. The first-order chi connectivity index (χ1) is 6.66. The maximum Gasteiger partial charge on any atom is 0.256 e. The maximum atomic E-state index is 11.3. The zero-order chi connectivity index (χ0) is 10.6. The van der Waals surface area contributed by atoms with Crippen molar-refractivity contribution in [3.8, 4) is 0 Å². The predicted molar refractivity (Wildman–Crippen MR) is 51.2 cm³/mol. The van der Waals surface area contributed by atoms with Crippen molar-refractivity contribution in [3.63, 3.8) is 0 Å². The van der Waals surface area contributed by atoms with E-state index in [1.54, 1.807) is 12.3 Å². The van der Waals surface area contributed by atoms with Gasteiger partial charge >= 0.3 is 0 Å². The summed E-state index contributed by atoms with van der Waals surface area (Å²) >= 11 is 0. The molecule has 2 amide bonds. The summed E-state index contributed by atoms with van der Waals surface area (Å²) in [6, 6.07) is 0. The second-order valence-electron chi connectivity index (χ2n) is 2.96. The average Bonchev–Trinajstić information content (AvgIpc) is 2.41. The van der Waals surface area contributed by atoms with Crippen molar-refractivity contribution in [2.24, 2.45) is 0 Å². The number of nitrogens with zero attached hydrogens (tertiary/aromatic N) is 1. The molecule has 0 spiro atoms. The topological polar surface area (TPSA) is 46.6 Å². The Balaban J connectivity index is 2.43. The Morgan fingerprint density at radius 1 is 1.50 bits per heavy atom. The van der Waals surface area contributed by atoms with Crippen LogP contribution in [0.15, 0.2) is 24.0 Å². The van der Waals surface area contributed by atoms with Gasteiger partial charge in [-0.3, -0.25) is 14.5 Å². The summed E-state index contributed by atoms with van der Waals surface area (Å²) in [5, 5.41) is 0. The number of carbonyl (C=O) groups is 2. The average molecular weight is 195 g/mol. The SMILES string of the molecule is CC=COCCC1=CC(=O)N(C)C1=O. The Morgan fingerprint density at radius 3 is 2.71 bits per heavy atom. The van der Waals surface area contributed by atoms with Crippen molar-refractivity contribution in [2.75, 3.05) is 13.7 Å². The van der Waals surface area contributed by atoms with E-state index in [0.29, 0.717) is 18.6 Å². The third-order valence-electron chi connectivity index (χ3n) is 1.93. The molecule has 1 aliphatic heterocycles. The summed E-state index contributed by atoms with van der Waals surface area (Å²) in [5.74, 6) is -0.477. The number of amides is 2. The maximum absolute atomic E-state index is 11.3. The van der Waals surface area contributed by atoms with E-state index in [0.717, 1.165) is 4.90 Å². The van der Waals surface area contributed by atoms with Gasteiger partial charge in [0.2, 0.25) is 0 Å². The summed E-state index contributed by atoms with van der Waals surface area (Å²) in [6.45, 7) is 2.26. The Morgan fingerprint density at radius 2 is 2.21 bits per heavy atom. The lowest BCUT2D eigenvalue weighted by Gasteiger charge is -2.06. The second-order valence-corrected chi connectivity index (χ2v) is 2.96. The van der Waals surface area contributed by atoms with E-state index < -0.39 is 0 Å². The second kappa shape index (κ2) is 4.60. The van der Waals surface area contributed by atoms with Crippen LogP contribution in [0.1, 0.15) is 13.3 Å². The molecular formula is C10H13NO3. The summed E-state index contributed by atoms with van der Waals surface area (Å²) in [5.41, 5.74) is 0.516. The van der Waals surface area contributed by atoms with Crippen molar-refractivity contribution >= 4 is 11.8 Å². The van der Waals surface area contributed by atoms with Crippen LogP contribution in [0.5, 0.6) is 0 Å². The predicted octanol–water partition coefficient (Wildman–Crippen LogP) is 0.852. The van der Waals surface area contributed by atoms with Crippen molar-refractivity contribution < 1.29 is 14.3 Å². The summed E-state index contributed by atoms with van der Waals surface area (Å²) in [7, 11) is 1.47. The van der Waals surface area contributed by atoms with Crippen LogP contribution in [0, 0.1) is 0 Å². The standard InChI is InChI=1S/C10H13NO3/c1-3-5-14-6-4-8-7-9(12)11(2)10(8)13/h3,5,7H,4,6H2,1-2H3. The highest BCUT2D eigenvalue weighted by molar-refractivity contribution is 6.15. The van der Waals surface area contributed by atoms with Gasteiger partial charge in [0.15, 0.2) is 0 Å². The molecule has 0 radical (unpaired) electrons. The van der Waals surface area contributed by atoms with Crippen molar-refractivity contribution in [1.82, 2.24) is 4.90 Å². The fourth-order valence-corrected chi connectivity index (χ4v) is 1.14. The molecule has 0 aromatic heterocycles. The van der Waals surface area contributed by atoms with Gasteiger partial charge in [0.25, 0.3) is 11.8 Å². The highest BCUT2D eigenvalue weighted by Gasteiger charge is 2.26. The lowest BCUT2D eigenvalue weighted by Crippen LogP contribution is -2.26. The summed E-state index contributed by atoms with van der Waals surface area (Å²) < 4.78 is 5.06. The van der Waals surface area contributed by atoms with Crippen molar-refractivity contribution in [3.05, 3.63) is 24.0 Å². The van der Waals surface area contributed by atoms with Crippen LogP contribution in [-0.4, -0.2) is 30.4 Å². The zero-order valence-electron chi connectivity index (χ0n) is 8.32. The fraction of sp³-hybridized carbons (Fsp3) is 0.400. The Kier molecular flexibility index (Phi) is 3.45. The highest BCUT2D eigenvalue weighted by atomic mass is 16.5. The first kappa shape index (κ1) is 10.5. The Hall–Kier alpha value is -1.58. The molecule has 0 aliphatic carbocycles. The molecule has 0 saturated heterocycles. The van der Waals surface area contributed by atoms with Crippen LogP contribution in [0.2, 0.25) is 0 Å². The smallest absolute Gasteiger partial charge is 0.256 e. The number of imide groups is 1. The molecule has 0 aromatic rings. The van der Waals surface area contributed by atoms with Crippen molar-refractivity contribution in [1.29, 1.82) is 0 Å². The van der Waals surface area contributed by atoms with Crippen LogP contribution in [0.25, 0.3) is 0 Å². The molecular weight excluding hydrogens is 182 g/mol. The molecule has 0 N–H and O–H groups in total. The molecule has 4 nitrogen and oxygen atoms in total. The molecule has 0 unspecified atom stereocenters. The van der Waals surface area contributed by atoms with Gasteiger partial charge in [-0.2, -0.15) is 0 Å². The first-order valence-electron chi connectivity index (χ1n) is 4.42. The molecule has 4 heteroatoms. The van der Waals surface area contributed by atoms with Gasteiger partial charge in [-0.05, 0) is 6.92 Å². The van der Waals surface area contributed by atoms with E-state index in [9.17, 15) is 9.59 Å². The lowest BCUT2D eigenvalue weighted by atomic mass is 10.2. The minimum Gasteiger partial charge on any atom is -0.501 e. The number of likely N-dealkylation sites (N-methyl/N-ethyl adjacent to an activating group) is 1. The normalized spacial score (nSPS) is 16.7. The van der Waals surface area contributed by atoms with E-state index in [4.69, 9.17) is 4.74 Å². The third kappa shape index (κ3) is 2.22. The van der Waals surface area contributed by atoms with E-state index >= 15 is 0 Å². The van der Waals surface area contributed by atoms with Gasteiger partial charge < -0.3 is 4.74 Å². The van der Waals surface area contributed by atoms with Crippen LogP contribution < -0.4 is 0 Å². The van der Waals surface area contributed by atoms with E-state index in [-0.39, 0.29) is 11.8 Å². The monoisotopic (exact) mass is 195 g/mol. The number of carbonyl (C=O) groups excluding carboxylic acids is 2. The van der Waals surface area contributed by atoms with Gasteiger partial charge in [0, 0.05) is 25.1 Å². The van der Waals surface area contributed by atoms with Gasteiger partial charge in [0.05, 0.1) is 12.9 Å². The van der Waals surface area contributed by atoms with Gasteiger partial charge in [0.1, 0.15) is 0 Å². The number of hydrogen-bond donors (Lipinski definition) is 0. The molecule has 0 bridgehead atoms. The van der Waals surface area contributed by atoms with Crippen molar-refractivity contribution in [2.45, 2.75) is 13.3 Å². The fourth-order valence-electron chi connectivity index (χ4n) is 1.14. The molecule has 1 heterocycles. The molecule has 76 valence electrons. The number of ether oxygens (including phenoxy) is 1. The van der Waals surface area contributed by atoms with Gasteiger partial charge in [-0.15, -0.1) is 0 Å². The number of hydrogen-bond acceptors (Lipinski definition) is 3. The highest BCUT2D eigenvalue weighted by Crippen LogP contribution is 2.13. The zero-order valence-corrected chi connectivity index (χ0v) is 8.32. The van der Waals surface area contributed by atoms with Crippen LogP contribution in [0.4, 0.5) is 0 Å². The molecule has 14 heavy (non-hydrogen) atoms. The molecule has 0 atom stereocenters. The van der Waals surface area contributed by atoms with E-state index in [2.05, 4.69) is 0 Å². The Bertz CT molecular complexity index is 304. The van der Waals surface area contributed by atoms with Crippen LogP contribution in [-0.2, 0) is 14.3 Å². The largest absolute Gasteiger partial charge is 0.501 e. The molecule has 0 saturated carbocycles. The minimum atomic E-state index is -0.254. The van der Waals surface area contributed by atoms with E-state index in [1.165, 1.54) is 13.1 Å². The minimum absolute atomic E-state index is 0.223. The molecule has 0 aromatic carbocycles. The van der Waals surface area contributed by atoms with Gasteiger partial charge in [-0.25, -0.2) is 0 Å². The van der Waals surface area contributed by atoms with E-state index in [1.807, 2.05) is 6.92 Å². The quantitative estimate of drug-likeness (QED) is 0.379. The first-order valence-corrected chi connectivity index (χ1v) is 4.42. The number of allylic oxidation sites excluding steroid dienone is 1. The number of rotatable bonds is 4. The van der Waals surface area contributed by atoms with Crippen LogP contribution in [0.3, 0.4) is 0 Å². The van der Waals surface area contributed by atoms with Crippen LogP contribution >= 0.6 is 0 Å². The molecule has 0 fully saturated rings. The van der Waals surface area contributed by atoms with Gasteiger partial charge in [-0.1, -0.05) is 6.08 Å². The molecule has 1 aliphatic rings. The summed E-state index contributed by atoms with van der Waals surface area (Å²) in [4.78, 5) is 23.5. The Labute approximate surface area is 82.8 Å². The third-order valence-corrected chi connectivity index (χ3v) is 1.93. The lowest BCUT2D eigenvalue weighted by molar-refractivity contribution is -0.135. The molecule has 1 rings (SSSR count).